The number of ether oxygens (including phenoxy) is 2. The second-order valence-corrected chi connectivity index (χ2v) is 11.1. The molecule has 0 saturated heterocycles. The zero-order valence-corrected chi connectivity index (χ0v) is 25.6. The summed E-state index contributed by atoms with van der Waals surface area (Å²) in [6.45, 7) is 3.92. The van der Waals surface area contributed by atoms with Crippen LogP contribution in [0.3, 0.4) is 0 Å². The molecule has 0 bridgehead atoms. The minimum Gasteiger partial charge on any atom is -0.461 e. The molecule has 0 fully saturated rings. The average Bonchev–Trinajstić information content (AvgIpc) is 3.01. The van der Waals surface area contributed by atoms with Gasteiger partial charge in [-0.25, -0.2) is 9.36 Å². The Morgan fingerprint density at radius 3 is 2.64 bits per heavy atom. The number of esters is 1. The van der Waals surface area contributed by atoms with Gasteiger partial charge in [-0.05, 0) is 51.7 Å². The number of aromatic nitrogens is 1. The fraction of sp³-hybridized carbons (Fsp3) is 0.375. The summed E-state index contributed by atoms with van der Waals surface area (Å²) in [7, 11) is 1.51. The molecule has 2 heterocycles. The van der Waals surface area contributed by atoms with E-state index >= 15 is 0 Å². The lowest BCUT2D eigenvalue weighted by molar-refractivity contribution is -0.697. The van der Waals surface area contributed by atoms with E-state index in [9.17, 15) is 14.4 Å². The molecule has 2 amide bonds. The maximum Gasteiger partial charge on any atom is 0.327 e. The molecule has 2 N–H and O–H groups in total. The number of hydrogen-bond acceptors (Lipinski definition) is 6. The summed E-state index contributed by atoms with van der Waals surface area (Å²) in [6, 6.07) is 18.4. The molecular weight excluding hydrogens is 600 g/mol. The number of halogens is 1. The van der Waals surface area contributed by atoms with E-state index in [2.05, 4.69) is 33.5 Å². The summed E-state index contributed by atoms with van der Waals surface area (Å²) < 4.78 is 13.8. The van der Waals surface area contributed by atoms with E-state index in [0.717, 1.165) is 35.0 Å². The summed E-state index contributed by atoms with van der Waals surface area (Å²) in [5.74, 6) is -0.810. The van der Waals surface area contributed by atoms with Crippen LogP contribution in [0, 0.1) is 0 Å². The highest BCUT2D eigenvalue weighted by atomic mass is 79.9. The number of carbonyl (C=O) groups is 3. The maximum absolute atomic E-state index is 13.6. The Labute approximate surface area is 255 Å². The van der Waals surface area contributed by atoms with E-state index < -0.39 is 12.1 Å². The van der Waals surface area contributed by atoms with Crippen molar-refractivity contribution in [1.29, 1.82) is 0 Å². The van der Waals surface area contributed by atoms with Gasteiger partial charge in [0.15, 0.2) is 12.4 Å². The van der Waals surface area contributed by atoms with Crippen LogP contribution in [0.5, 0.6) is 0 Å². The number of hydrogen-bond donors (Lipinski definition) is 2. The average molecular weight is 639 g/mol. The lowest BCUT2D eigenvalue weighted by Gasteiger charge is -2.26. The lowest BCUT2D eigenvalue weighted by atomic mass is 9.94. The smallest absolute Gasteiger partial charge is 0.327 e. The van der Waals surface area contributed by atoms with Gasteiger partial charge in [-0.1, -0.05) is 49.4 Å². The molecule has 1 aromatic heterocycles. The maximum atomic E-state index is 13.6. The van der Waals surface area contributed by atoms with Crippen LogP contribution in [0.2, 0.25) is 0 Å². The third kappa shape index (κ3) is 8.47. The molecule has 0 radical (unpaired) electrons. The highest BCUT2D eigenvalue weighted by molar-refractivity contribution is 9.10. The number of benzene rings is 2. The number of amides is 2. The molecule has 0 spiro atoms. The van der Waals surface area contributed by atoms with E-state index in [4.69, 9.17) is 9.47 Å². The quantitative estimate of drug-likeness (QED) is 0.219. The molecule has 0 saturated carbocycles. The third-order valence-electron chi connectivity index (χ3n) is 7.11. The Morgan fingerprint density at radius 1 is 1.12 bits per heavy atom. The minimum atomic E-state index is -0.523. The summed E-state index contributed by atoms with van der Waals surface area (Å²) in [4.78, 5) is 40.9. The predicted octanol–water partition coefficient (Wildman–Crippen LogP) is 3.74. The standard InChI is InChI=1S/C32H37BrN4O5/c1-3-16-36-20-24(18-25(33)21-36)31(39)37(26-10-5-4-6-11-26)17-14-29(38)35-19-27(41-2)22-42-32(40)30-28-12-8-7-9-23(28)13-15-34-30/h4-12,18,20-21,27,30,34H,3,13-17,19,22H2,1-2H3/p+1. The van der Waals surface area contributed by atoms with Gasteiger partial charge in [-0.15, -0.1) is 0 Å². The Kier molecular flexibility index (Phi) is 11.6. The number of para-hydroxylation sites is 1. The number of fused-ring (bicyclic) bond motifs is 1. The Morgan fingerprint density at radius 2 is 1.88 bits per heavy atom. The molecule has 1 aliphatic rings. The summed E-state index contributed by atoms with van der Waals surface area (Å²) in [5.41, 5.74) is 3.30. The SMILES string of the molecule is CCC[n+]1cc(Br)cc(C(=O)N(CCC(=O)NCC(COC(=O)C2NCCc3ccccc32)OC)c2ccccc2)c1. The van der Waals surface area contributed by atoms with Crippen molar-refractivity contribution in [2.45, 2.75) is 44.9 Å². The van der Waals surface area contributed by atoms with Gasteiger partial charge in [0.25, 0.3) is 5.91 Å². The normalized spacial score (nSPS) is 14.9. The number of nitrogens with zero attached hydrogens (tertiary/aromatic N) is 2. The van der Waals surface area contributed by atoms with E-state index in [1.54, 1.807) is 11.0 Å². The van der Waals surface area contributed by atoms with Gasteiger partial charge in [-0.3, -0.25) is 9.59 Å². The molecule has 0 aliphatic carbocycles. The molecule has 1 aliphatic heterocycles. The van der Waals surface area contributed by atoms with Crippen LogP contribution < -0.4 is 20.1 Å². The van der Waals surface area contributed by atoms with Crippen LogP contribution in [0.15, 0.2) is 77.5 Å². The van der Waals surface area contributed by atoms with Crippen molar-refractivity contribution in [3.05, 3.63) is 94.2 Å². The van der Waals surface area contributed by atoms with Crippen molar-refractivity contribution in [2.75, 3.05) is 38.3 Å². The molecule has 3 aromatic rings. The Balaban J connectivity index is 1.32. The summed E-state index contributed by atoms with van der Waals surface area (Å²) in [6.07, 6.45) is 5.14. The van der Waals surface area contributed by atoms with Crippen LogP contribution in [0.25, 0.3) is 0 Å². The highest BCUT2D eigenvalue weighted by Crippen LogP contribution is 2.24. The number of methoxy groups -OCH3 is 1. The fourth-order valence-corrected chi connectivity index (χ4v) is 5.44. The molecule has 9 nitrogen and oxygen atoms in total. The number of aryl methyl sites for hydroxylation is 1. The number of rotatable bonds is 13. The van der Waals surface area contributed by atoms with Crippen LogP contribution in [-0.4, -0.2) is 57.2 Å². The number of carbonyl (C=O) groups excluding carboxylic acids is 3. The minimum absolute atomic E-state index is 0.00519. The van der Waals surface area contributed by atoms with Crippen LogP contribution >= 0.6 is 15.9 Å². The Hall–Kier alpha value is -3.60. The first kappa shape index (κ1) is 31.3. The first-order valence-corrected chi connectivity index (χ1v) is 15.0. The van der Waals surface area contributed by atoms with Crippen molar-refractivity contribution in [1.82, 2.24) is 10.6 Å². The second kappa shape index (κ2) is 15.6. The van der Waals surface area contributed by atoms with Gasteiger partial charge in [0.05, 0.1) is 4.47 Å². The molecule has 2 unspecified atom stereocenters. The number of pyridine rings is 1. The van der Waals surface area contributed by atoms with Crippen molar-refractivity contribution >= 4 is 39.4 Å². The third-order valence-corrected chi connectivity index (χ3v) is 7.54. The topological polar surface area (TPSA) is 101 Å². The van der Waals surface area contributed by atoms with Gasteiger partial charge < -0.3 is 25.0 Å². The number of nitrogens with one attached hydrogen (secondary N) is 2. The molecule has 2 aromatic carbocycles. The number of anilines is 1. The van der Waals surface area contributed by atoms with Gasteiger partial charge >= 0.3 is 5.97 Å². The van der Waals surface area contributed by atoms with E-state index in [0.29, 0.717) is 17.8 Å². The van der Waals surface area contributed by atoms with Gasteiger partial charge in [0.1, 0.15) is 30.9 Å². The predicted molar refractivity (Wildman–Crippen MR) is 163 cm³/mol. The summed E-state index contributed by atoms with van der Waals surface area (Å²) >= 11 is 3.51. The zero-order chi connectivity index (χ0) is 29.9. The van der Waals surface area contributed by atoms with E-state index in [-0.39, 0.29) is 43.9 Å². The highest BCUT2D eigenvalue weighted by Gasteiger charge is 2.28. The van der Waals surface area contributed by atoms with Crippen LogP contribution in [-0.2, 0) is 32.0 Å². The fourth-order valence-electron chi connectivity index (χ4n) is 4.93. The second-order valence-electron chi connectivity index (χ2n) is 10.2. The lowest BCUT2D eigenvalue weighted by Crippen LogP contribution is -2.41. The monoisotopic (exact) mass is 637 g/mol. The first-order valence-electron chi connectivity index (χ1n) is 14.2. The van der Waals surface area contributed by atoms with Crippen molar-refractivity contribution in [3.63, 3.8) is 0 Å². The van der Waals surface area contributed by atoms with Crippen molar-refractivity contribution in [3.8, 4) is 0 Å². The van der Waals surface area contributed by atoms with Gasteiger partial charge in [0, 0.05) is 45.3 Å². The van der Waals surface area contributed by atoms with Crippen molar-refractivity contribution < 1.29 is 28.4 Å². The van der Waals surface area contributed by atoms with Crippen LogP contribution in [0.1, 0.15) is 47.3 Å². The van der Waals surface area contributed by atoms with Crippen LogP contribution in [0.4, 0.5) is 5.69 Å². The Bertz CT molecular complexity index is 1370. The first-order chi connectivity index (χ1) is 20.4. The molecule has 42 heavy (non-hydrogen) atoms. The molecule has 222 valence electrons. The van der Waals surface area contributed by atoms with Gasteiger partial charge in [0.2, 0.25) is 5.91 Å². The molecule has 2 atom stereocenters. The molecular formula is C32H38BrN4O5+. The van der Waals surface area contributed by atoms with E-state index in [1.807, 2.05) is 71.6 Å². The summed E-state index contributed by atoms with van der Waals surface area (Å²) in [5, 5.41) is 6.07. The van der Waals surface area contributed by atoms with Gasteiger partial charge in [-0.2, -0.15) is 0 Å². The largest absolute Gasteiger partial charge is 0.461 e. The molecule has 10 heteroatoms. The molecule has 4 rings (SSSR count). The van der Waals surface area contributed by atoms with E-state index in [1.165, 1.54) is 7.11 Å². The zero-order valence-electron chi connectivity index (χ0n) is 24.1. The van der Waals surface area contributed by atoms with Crippen molar-refractivity contribution in [2.24, 2.45) is 0 Å².